The number of piperazine rings is 2. The number of methoxy groups -OCH3 is 2. The molecule has 4 aromatic heterocycles. The molecule has 0 aliphatic carbocycles. The van der Waals surface area contributed by atoms with Crippen molar-refractivity contribution in [2.75, 3.05) is 66.7 Å². The summed E-state index contributed by atoms with van der Waals surface area (Å²) in [5.41, 5.74) is -2.77. The van der Waals surface area contributed by atoms with E-state index in [-0.39, 0.29) is 95.3 Å². The highest BCUT2D eigenvalue weighted by Gasteiger charge is 2.42. The summed E-state index contributed by atoms with van der Waals surface area (Å²) in [7, 11) is 2.94. The number of aromatic nitrogens is 6. The Balaban J connectivity index is 0.000000202. The molecule has 2 fully saturated rings. The van der Waals surface area contributed by atoms with Crippen molar-refractivity contribution in [3.8, 4) is 34.0 Å². The summed E-state index contributed by atoms with van der Waals surface area (Å²) in [5, 5.41) is 27.8. The monoisotopic (exact) mass is 1180 g/mol. The molecule has 4 aromatic carbocycles. The van der Waals surface area contributed by atoms with Gasteiger partial charge in [0.15, 0.2) is 22.7 Å². The third-order valence-electron chi connectivity index (χ3n) is 15.2. The predicted molar refractivity (Wildman–Crippen MR) is 286 cm³/mol. The van der Waals surface area contributed by atoms with E-state index in [4.69, 9.17) is 9.47 Å². The molecule has 84 heavy (non-hydrogen) atoms. The average Bonchev–Trinajstić information content (AvgIpc) is 3.52. The maximum Gasteiger partial charge on any atom is 0.433 e. The van der Waals surface area contributed by atoms with Crippen LogP contribution in [0.15, 0.2) is 97.3 Å². The number of alkyl halides is 6. The summed E-state index contributed by atoms with van der Waals surface area (Å²) in [6.45, 7) is 5.73. The Labute approximate surface area is 474 Å². The lowest BCUT2D eigenvalue weighted by atomic mass is 10.0. The molecule has 8 aromatic rings. The molecule has 4 atom stereocenters. The second-order valence-corrected chi connectivity index (χ2v) is 20.3. The van der Waals surface area contributed by atoms with Crippen LogP contribution in [-0.4, -0.2) is 150 Å². The number of aliphatic hydroxyl groups excluding tert-OH is 2. The number of aliphatic hydroxyl groups is 2. The van der Waals surface area contributed by atoms with Gasteiger partial charge in [-0.2, -0.15) is 36.5 Å². The third kappa shape index (κ3) is 11.6. The van der Waals surface area contributed by atoms with Gasteiger partial charge in [0.1, 0.15) is 45.9 Å². The van der Waals surface area contributed by atoms with Crippen molar-refractivity contribution in [1.82, 2.24) is 48.8 Å². The largest absolute Gasteiger partial charge is 0.497 e. The fraction of sp³-hybridized carbons (Fsp3) is 0.345. The third-order valence-corrected chi connectivity index (χ3v) is 15.2. The minimum absolute atomic E-state index is 0.0441. The Bertz CT molecular complexity index is 3450. The van der Waals surface area contributed by atoms with Gasteiger partial charge in [-0.15, -0.1) is 0 Å². The van der Waals surface area contributed by atoms with E-state index in [2.05, 4.69) is 20.2 Å². The molecule has 2 aliphatic rings. The maximum absolute atomic E-state index is 14.5. The van der Waals surface area contributed by atoms with Crippen LogP contribution in [0.3, 0.4) is 0 Å². The number of hydrogen-bond donors (Lipinski definition) is 2. The Kier molecular flexibility index (Phi) is 17.4. The van der Waals surface area contributed by atoms with Gasteiger partial charge in [-0.3, -0.25) is 19.4 Å². The zero-order valence-corrected chi connectivity index (χ0v) is 46.0. The molecule has 0 spiro atoms. The van der Waals surface area contributed by atoms with Crippen LogP contribution in [0, 0.1) is 37.1 Å². The van der Waals surface area contributed by atoms with Crippen molar-refractivity contribution in [2.24, 2.45) is 0 Å². The van der Waals surface area contributed by atoms with Crippen molar-refractivity contribution in [2.45, 2.75) is 64.2 Å². The lowest BCUT2D eigenvalue weighted by Gasteiger charge is -2.43. The Hall–Kier alpha value is -8.20. The van der Waals surface area contributed by atoms with Gasteiger partial charge < -0.3 is 29.5 Å². The second kappa shape index (κ2) is 24.2. The lowest BCUT2D eigenvalue weighted by Crippen LogP contribution is -2.55. The van der Waals surface area contributed by atoms with Crippen LogP contribution in [-0.2, 0) is 12.4 Å². The highest BCUT2D eigenvalue weighted by molar-refractivity contribution is 6.01. The molecular weight excluding hydrogens is 1120 g/mol. The first-order valence-electron chi connectivity index (χ1n) is 26.3. The van der Waals surface area contributed by atoms with Gasteiger partial charge in [-0.1, -0.05) is 12.1 Å². The molecule has 0 radical (unpaired) electrons. The smallest absolute Gasteiger partial charge is 0.433 e. The van der Waals surface area contributed by atoms with Crippen molar-refractivity contribution in [3.63, 3.8) is 0 Å². The quantitative estimate of drug-likeness (QED) is 0.111. The van der Waals surface area contributed by atoms with Gasteiger partial charge in [-0.25, -0.2) is 36.6 Å². The zero-order chi connectivity index (χ0) is 60.7. The van der Waals surface area contributed by atoms with Gasteiger partial charge in [0, 0.05) is 84.7 Å². The van der Waals surface area contributed by atoms with Crippen LogP contribution in [0.1, 0.15) is 80.3 Å². The number of ether oxygens (including phenoxy) is 2. The Morgan fingerprint density at radius 3 is 1.18 bits per heavy atom. The van der Waals surface area contributed by atoms with Crippen LogP contribution in [0.2, 0.25) is 0 Å². The number of carbonyl (C=O) groups is 2. The van der Waals surface area contributed by atoms with Crippen LogP contribution in [0.4, 0.5) is 43.9 Å². The van der Waals surface area contributed by atoms with E-state index in [0.717, 1.165) is 36.7 Å². The van der Waals surface area contributed by atoms with E-state index in [0.29, 0.717) is 31.7 Å². The van der Waals surface area contributed by atoms with E-state index in [9.17, 15) is 63.7 Å². The summed E-state index contributed by atoms with van der Waals surface area (Å²) in [6, 6.07) is 16.7. The first kappa shape index (κ1) is 60.4. The highest BCUT2D eigenvalue weighted by atomic mass is 19.4. The van der Waals surface area contributed by atoms with E-state index in [1.165, 1.54) is 50.0 Å². The molecule has 6 heterocycles. The van der Waals surface area contributed by atoms with E-state index < -0.39 is 96.2 Å². The summed E-state index contributed by atoms with van der Waals surface area (Å²) >= 11 is 0. The molecule has 0 bridgehead atoms. The second-order valence-electron chi connectivity index (χ2n) is 20.3. The van der Waals surface area contributed by atoms with Gasteiger partial charge in [0.2, 0.25) is 0 Å². The maximum atomic E-state index is 14.5. The number of carbonyl (C=O) groups excluding carboxylic acids is 2. The van der Waals surface area contributed by atoms with Crippen LogP contribution in [0.5, 0.6) is 11.5 Å². The Morgan fingerprint density at radius 2 is 0.893 bits per heavy atom. The van der Waals surface area contributed by atoms with Crippen molar-refractivity contribution >= 4 is 23.1 Å². The number of rotatable bonds is 12. The molecule has 2 saturated heterocycles. The fourth-order valence-corrected chi connectivity index (χ4v) is 11.1. The normalized spacial score (nSPS) is 17.1. The molecule has 0 saturated carbocycles. The molecular formula is C58H56F10N10O6. The molecule has 2 N–H and O–H groups in total. The predicted octanol–water partition coefficient (Wildman–Crippen LogP) is 9.78. The van der Waals surface area contributed by atoms with Crippen LogP contribution >= 0.6 is 0 Å². The number of nitrogens with zero attached hydrogens (tertiary/aromatic N) is 10. The summed E-state index contributed by atoms with van der Waals surface area (Å²) in [5.74, 6) is -3.30. The van der Waals surface area contributed by atoms with Crippen LogP contribution in [0.25, 0.3) is 33.8 Å². The van der Waals surface area contributed by atoms with Crippen LogP contribution < -0.4 is 9.47 Å². The van der Waals surface area contributed by atoms with E-state index in [1.54, 1.807) is 72.2 Å². The molecule has 16 nitrogen and oxygen atoms in total. The van der Waals surface area contributed by atoms with Gasteiger partial charge in [0.25, 0.3) is 11.8 Å². The minimum Gasteiger partial charge on any atom is -0.497 e. The van der Waals surface area contributed by atoms with Crippen molar-refractivity contribution in [1.29, 1.82) is 0 Å². The molecule has 2 aliphatic heterocycles. The first-order chi connectivity index (χ1) is 39.9. The molecule has 2 amide bonds. The number of benzene rings is 4. The molecule has 10 rings (SSSR count). The highest BCUT2D eigenvalue weighted by Crippen LogP contribution is 2.40. The Morgan fingerprint density at radius 1 is 0.560 bits per heavy atom. The van der Waals surface area contributed by atoms with E-state index >= 15 is 0 Å². The van der Waals surface area contributed by atoms with E-state index in [1.807, 2.05) is 0 Å². The fourth-order valence-electron chi connectivity index (χ4n) is 11.1. The van der Waals surface area contributed by atoms with Crippen molar-refractivity contribution < 1.29 is 73.2 Å². The van der Waals surface area contributed by atoms with Gasteiger partial charge in [0.05, 0.1) is 63.3 Å². The first-order valence-corrected chi connectivity index (χ1v) is 26.3. The standard InChI is InChI=1S/2C29H28F5N5O3/c2*1-16-14-37(23(15-40)24-21(30)5-4-6-22(24)31)11-12-38(16)28(41)20-13-35-39-26(29(32,33)34)17(2)25(36-27(20)39)18-7-9-19(42-3)10-8-18/h2*4-10,13,16,23,40H,11-12,14-15H2,1-3H3/t16-,23+;16-,23-/m11/s1. The SMILES string of the molecule is COc1ccc(-c2nc3c(C(=O)N4CCN([C@@H](CO)c5c(F)cccc5F)C[C@H]4C)cnn3c(C(F)(F)F)c2C)cc1.COc1ccc(-c2nc3c(C(=O)N4CCN([C@H](CO)c5c(F)cccc5F)C[C@H]4C)cnn3c(C(F)(F)F)c2C)cc1. The van der Waals surface area contributed by atoms with Gasteiger partial charge in [-0.05, 0) is 100 Å². The minimum atomic E-state index is -4.79. The van der Waals surface area contributed by atoms with Gasteiger partial charge >= 0.3 is 12.4 Å². The molecule has 0 unspecified atom stereocenters. The zero-order valence-electron chi connectivity index (χ0n) is 46.0. The molecule has 444 valence electrons. The summed E-state index contributed by atoms with van der Waals surface area (Å²) in [6.07, 6.45) is -7.44. The topological polar surface area (TPSA) is 166 Å². The number of halogens is 10. The molecule has 26 heteroatoms. The van der Waals surface area contributed by atoms with Crippen molar-refractivity contribution in [3.05, 3.63) is 165 Å². The lowest BCUT2D eigenvalue weighted by molar-refractivity contribution is -0.144. The number of fused-ring (bicyclic) bond motifs is 2. The summed E-state index contributed by atoms with van der Waals surface area (Å²) in [4.78, 5) is 42.7. The number of hydrogen-bond acceptors (Lipinski definition) is 12. The average molecular weight is 1180 g/mol. The summed E-state index contributed by atoms with van der Waals surface area (Å²) < 4.78 is 155. The number of amides is 2.